The molecule has 1 rings (SSSR count). The number of nitrogens with zero attached hydrogens (tertiary/aromatic N) is 1. The third kappa shape index (κ3) is 4.19. The van der Waals surface area contributed by atoms with Crippen LogP contribution in [-0.4, -0.2) is 32.4 Å². The molecule has 0 aliphatic carbocycles. The van der Waals surface area contributed by atoms with Gasteiger partial charge in [0, 0.05) is 24.7 Å². The average Bonchev–Trinajstić information content (AvgIpc) is 2.34. The fraction of sp³-hybridized carbons (Fsp3) is 0.571. The Morgan fingerprint density at radius 2 is 1.95 bits per heavy atom. The molecule has 0 spiro atoms. The van der Waals surface area contributed by atoms with Crippen LogP contribution in [0.15, 0.2) is 23.1 Å². The fourth-order valence-electron chi connectivity index (χ4n) is 1.85. The van der Waals surface area contributed by atoms with Crippen LogP contribution in [0.1, 0.15) is 25.8 Å². The van der Waals surface area contributed by atoms with Gasteiger partial charge in [0.1, 0.15) is 0 Å². The van der Waals surface area contributed by atoms with Crippen molar-refractivity contribution in [2.45, 2.75) is 38.1 Å². The van der Waals surface area contributed by atoms with Crippen molar-refractivity contribution in [3.63, 3.8) is 0 Å². The van der Waals surface area contributed by atoms with E-state index >= 15 is 0 Å². The Balaban J connectivity index is 2.87. The molecule has 0 saturated carbocycles. The molecule has 0 aromatic heterocycles. The largest absolute Gasteiger partial charge is 0.327 e. The van der Waals surface area contributed by atoms with Crippen molar-refractivity contribution in [3.8, 4) is 0 Å². The summed E-state index contributed by atoms with van der Waals surface area (Å²) in [4.78, 5) is 0.294. The quantitative estimate of drug-likeness (QED) is 0.877. The van der Waals surface area contributed by atoms with Crippen molar-refractivity contribution < 1.29 is 8.42 Å². The first-order valence-electron chi connectivity index (χ1n) is 6.64. The highest BCUT2D eigenvalue weighted by Gasteiger charge is 2.23. The van der Waals surface area contributed by atoms with Crippen molar-refractivity contribution in [1.29, 1.82) is 0 Å². The number of sulfonamides is 1. The first-order valence-corrected chi connectivity index (χ1v) is 8.46. The standard InChI is InChI=1S/C14H23ClN2O2S/c1-10(2)13(16)7-8-17(4)20(18,19)14-6-5-12(15)9-11(14)3/h5-6,9-10,13H,7-8,16H2,1-4H3. The smallest absolute Gasteiger partial charge is 0.243 e. The molecule has 4 nitrogen and oxygen atoms in total. The van der Waals surface area contributed by atoms with E-state index in [0.29, 0.717) is 34.4 Å². The van der Waals surface area contributed by atoms with Gasteiger partial charge in [0.25, 0.3) is 0 Å². The molecule has 0 aliphatic heterocycles. The number of aryl methyl sites for hydroxylation is 1. The van der Waals surface area contributed by atoms with Gasteiger partial charge in [-0.1, -0.05) is 25.4 Å². The van der Waals surface area contributed by atoms with Gasteiger partial charge in [-0.25, -0.2) is 12.7 Å². The van der Waals surface area contributed by atoms with Gasteiger partial charge >= 0.3 is 0 Å². The topological polar surface area (TPSA) is 63.4 Å². The second-order valence-electron chi connectivity index (χ2n) is 5.43. The van der Waals surface area contributed by atoms with Gasteiger partial charge in [-0.15, -0.1) is 0 Å². The maximum atomic E-state index is 12.5. The van der Waals surface area contributed by atoms with E-state index in [1.165, 1.54) is 4.31 Å². The van der Waals surface area contributed by atoms with Crippen LogP contribution in [0, 0.1) is 12.8 Å². The number of nitrogens with two attached hydrogens (primary N) is 1. The van der Waals surface area contributed by atoms with Gasteiger partial charge in [-0.3, -0.25) is 0 Å². The maximum absolute atomic E-state index is 12.5. The van der Waals surface area contributed by atoms with Crippen LogP contribution >= 0.6 is 11.6 Å². The summed E-state index contributed by atoms with van der Waals surface area (Å²) in [6, 6.07) is 4.79. The van der Waals surface area contributed by atoms with Gasteiger partial charge in [-0.05, 0) is 43.0 Å². The monoisotopic (exact) mass is 318 g/mol. The van der Waals surface area contributed by atoms with Crippen LogP contribution in [-0.2, 0) is 10.0 Å². The van der Waals surface area contributed by atoms with Crippen molar-refractivity contribution in [2.24, 2.45) is 11.7 Å². The molecule has 0 radical (unpaired) electrons. The van der Waals surface area contributed by atoms with E-state index in [1.54, 1.807) is 32.2 Å². The van der Waals surface area contributed by atoms with Gasteiger partial charge in [-0.2, -0.15) is 0 Å². The maximum Gasteiger partial charge on any atom is 0.243 e. The van der Waals surface area contributed by atoms with Crippen LogP contribution in [0.25, 0.3) is 0 Å². The molecule has 1 aromatic rings. The Bertz CT molecular complexity index is 558. The summed E-state index contributed by atoms with van der Waals surface area (Å²) in [5.41, 5.74) is 6.61. The zero-order valence-electron chi connectivity index (χ0n) is 12.4. The first-order chi connectivity index (χ1) is 9.16. The Kier molecular flexibility index (Phi) is 6.01. The van der Waals surface area contributed by atoms with Gasteiger partial charge in [0.2, 0.25) is 10.0 Å². The van der Waals surface area contributed by atoms with E-state index in [0.717, 1.165) is 0 Å². The molecule has 0 bridgehead atoms. The molecule has 0 amide bonds. The zero-order chi connectivity index (χ0) is 15.5. The van der Waals surface area contributed by atoms with Crippen LogP contribution in [0.2, 0.25) is 5.02 Å². The van der Waals surface area contributed by atoms with Gasteiger partial charge < -0.3 is 5.73 Å². The second kappa shape index (κ2) is 6.89. The lowest BCUT2D eigenvalue weighted by Gasteiger charge is -2.22. The first kappa shape index (κ1) is 17.4. The van der Waals surface area contributed by atoms with E-state index in [4.69, 9.17) is 17.3 Å². The molecule has 1 unspecified atom stereocenters. The normalized spacial score (nSPS) is 14.0. The van der Waals surface area contributed by atoms with Crippen molar-refractivity contribution in [2.75, 3.05) is 13.6 Å². The van der Waals surface area contributed by atoms with Crippen molar-refractivity contribution in [1.82, 2.24) is 4.31 Å². The van der Waals surface area contributed by atoms with Crippen LogP contribution < -0.4 is 5.73 Å². The number of benzene rings is 1. The minimum Gasteiger partial charge on any atom is -0.327 e. The molecular formula is C14H23ClN2O2S. The Labute approximate surface area is 127 Å². The number of rotatable bonds is 6. The van der Waals surface area contributed by atoms with E-state index in [-0.39, 0.29) is 6.04 Å². The molecule has 20 heavy (non-hydrogen) atoms. The zero-order valence-corrected chi connectivity index (χ0v) is 14.0. The lowest BCUT2D eigenvalue weighted by molar-refractivity contribution is 0.397. The highest BCUT2D eigenvalue weighted by Crippen LogP contribution is 2.22. The molecular weight excluding hydrogens is 296 g/mol. The lowest BCUT2D eigenvalue weighted by atomic mass is 10.0. The van der Waals surface area contributed by atoms with Crippen LogP contribution in [0.4, 0.5) is 0 Å². The molecule has 0 saturated heterocycles. The lowest BCUT2D eigenvalue weighted by Crippen LogP contribution is -2.34. The van der Waals surface area contributed by atoms with Crippen LogP contribution in [0.5, 0.6) is 0 Å². The van der Waals surface area contributed by atoms with E-state index in [9.17, 15) is 8.42 Å². The average molecular weight is 319 g/mol. The minimum atomic E-state index is -3.49. The predicted octanol–water partition coefficient (Wildman–Crippen LogP) is 2.64. The van der Waals surface area contributed by atoms with Crippen molar-refractivity contribution >= 4 is 21.6 Å². The Hall–Kier alpha value is -0.620. The third-order valence-corrected chi connectivity index (χ3v) is 5.71. The molecule has 2 N–H and O–H groups in total. The van der Waals surface area contributed by atoms with E-state index in [1.807, 2.05) is 13.8 Å². The highest BCUT2D eigenvalue weighted by molar-refractivity contribution is 7.89. The summed E-state index contributed by atoms with van der Waals surface area (Å²) in [7, 11) is -1.91. The second-order valence-corrected chi connectivity index (χ2v) is 7.88. The van der Waals surface area contributed by atoms with Gasteiger partial charge in [0.05, 0.1) is 4.90 Å². The highest BCUT2D eigenvalue weighted by atomic mass is 35.5. The Morgan fingerprint density at radius 3 is 2.45 bits per heavy atom. The molecule has 114 valence electrons. The number of hydrogen-bond acceptors (Lipinski definition) is 3. The number of hydrogen-bond donors (Lipinski definition) is 1. The van der Waals surface area contributed by atoms with Crippen molar-refractivity contribution in [3.05, 3.63) is 28.8 Å². The third-order valence-electron chi connectivity index (χ3n) is 3.46. The summed E-state index contributed by atoms with van der Waals surface area (Å²) >= 11 is 5.86. The summed E-state index contributed by atoms with van der Waals surface area (Å²) < 4.78 is 26.3. The minimum absolute atomic E-state index is 0.000959. The molecule has 0 fully saturated rings. The molecule has 0 aliphatic rings. The molecule has 1 aromatic carbocycles. The van der Waals surface area contributed by atoms with E-state index in [2.05, 4.69) is 0 Å². The van der Waals surface area contributed by atoms with E-state index < -0.39 is 10.0 Å². The SMILES string of the molecule is Cc1cc(Cl)ccc1S(=O)(=O)N(C)CCC(N)C(C)C. The molecule has 1 atom stereocenters. The summed E-state index contributed by atoms with van der Waals surface area (Å²) in [6.07, 6.45) is 0.639. The molecule has 6 heteroatoms. The summed E-state index contributed by atoms with van der Waals surface area (Å²) in [6.45, 7) is 6.21. The van der Waals surface area contributed by atoms with Gasteiger partial charge in [0.15, 0.2) is 0 Å². The molecule has 0 heterocycles. The summed E-state index contributed by atoms with van der Waals surface area (Å²) in [5.74, 6) is 0.336. The number of halogens is 1. The fourth-order valence-corrected chi connectivity index (χ4v) is 3.47. The summed E-state index contributed by atoms with van der Waals surface area (Å²) in [5, 5.41) is 0.533. The predicted molar refractivity (Wildman–Crippen MR) is 83.4 cm³/mol. The Morgan fingerprint density at radius 1 is 1.35 bits per heavy atom. The van der Waals surface area contributed by atoms with Crippen LogP contribution in [0.3, 0.4) is 0 Å².